The van der Waals surface area contributed by atoms with Crippen LogP contribution in [-0.2, 0) is 12.2 Å². The number of hydrogen-bond donors (Lipinski definition) is 2. The molecule has 0 spiro atoms. The Balaban J connectivity index is 1.78. The van der Waals surface area contributed by atoms with E-state index in [4.69, 9.17) is 5.73 Å². The minimum Gasteiger partial charge on any atom is -0.399 e. The molecule has 0 fully saturated rings. The highest BCUT2D eigenvalue weighted by Gasteiger charge is 2.17. The molecule has 0 aliphatic carbocycles. The van der Waals surface area contributed by atoms with E-state index in [1.165, 1.54) is 10.4 Å². The molecule has 0 unspecified atom stereocenters. The molecule has 1 aromatic heterocycles. The molecular weight excluding hydrogens is 276 g/mol. The number of anilines is 2. The second-order valence-corrected chi connectivity index (χ2v) is 6.68. The van der Waals surface area contributed by atoms with Crippen molar-refractivity contribution >= 4 is 40.4 Å². The lowest BCUT2D eigenvalue weighted by Gasteiger charge is -2.08. The van der Waals surface area contributed by atoms with Crippen LogP contribution in [0.15, 0.2) is 30.3 Å². The zero-order chi connectivity index (χ0) is 13.2. The monoisotopic (exact) mass is 290 g/mol. The van der Waals surface area contributed by atoms with Crippen molar-refractivity contribution in [2.24, 2.45) is 0 Å². The number of nitrogens with two attached hydrogens (primary N) is 1. The maximum Gasteiger partial charge on any atom is 0.265 e. The average Bonchev–Trinajstić information content (AvgIpc) is 2.82. The summed E-state index contributed by atoms with van der Waals surface area (Å²) >= 11 is 3.54. The Morgan fingerprint density at radius 2 is 2.21 bits per heavy atom. The van der Waals surface area contributed by atoms with Crippen LogP contribution in [0.3, 0.4) is 0 Å². The number of aryl methyl sites for hydroxylation is 1. The van der Waals surface area contributed by atoms with E-state index >= 15 is 0 Å². The molecule has 0 saturated heterocycles. The first-order chi connectivity index (χ1) is 9.22. The Morgan fingerprint density at radius 1 is 1.32 bits per heavy atom. The van der Waals surface area contributed by atoms with Gasteiger partial charge in [-0.05, 0) is 42.0 Å². The van der Waals surface area contributed by atoms with Crippen LogP contribution < -0.4 is 11.1 Å². The standard InChI is InChI=1S/C14H14N2OS2/c15-10-2-1-3-11(7-10)16-14(17)13-6-9-8-18-5-4-12(9)19-13/h1-3,6-7H,4-5,8,15H2,(H,16,17). The van der Waals surface area contributed by atoms with Crippen molar-refractivity contribution in [3.05, 3.63) is 45.6 Å². The number of amides is 1. The summed E-state index contributed by atoms with van der Waals surface area (Å²) in [5.74, 6) is 2.14. The Hall–Kier alpha value is -1.46. The maximum absolute atomic E-state index is 12.2. The topological polar surface area (TPSA) is 55.1 Å². The zero-order valence-corrected chi connectivity index (χ0v) is 11.9. The molecule has 1 aliphatic heterocycles. The van der Waals surface area contributed by atoms with E-state index in [9.17, 15) is 4.79 Å². The molecule has 3 nitrogen and oxygen atoms in total. The number of rotatable bonds is 2. The molecule has 19 heavy (non-hydrogen) atoms. The molecular formula is C14H14N2OS2. The normalized spacial score (nSPS) is 13.9. The van der Waals surface area contributed by atoms with Gasteiger partial charge in [0, 0.05) is 22.0 Å². The van der Waals surface area contributed by atoms with Crippen molar-refractivity contribution in [2.45, 2.75) is 12.2 Å². The Labute approximate surface area is 120 Å². The molecule has 1 aromatic carbocycles. The van der Waals surface area contributed by atoms with Crippen molar-refractivity contribution in [3.8, 4) is 0 Å². The molecule has 1 aliphatic rings. The Morgan fingerprint density at radius 3 is 3.00 bits per heavy atom. The smallest absolute Gasteiger partial charge is 0.265 e. The number of benzene rings is 1. The number of thioether (sulfide) groups is 1. The van der Waals surface area contributed by atoms with Gasteiger partial charge in [0.25, 0.3) is 5.91 Å². The van der Waals surface area contributed by atoms with Crippen LogP contribution in [0.25, 0.3) is 0 Å². The van der Waals surface area contributed by atoms with E-state index in [1.807, 2.05) is 30.0 Å². The first-order valence-corrected chi connectivity index (χ1v) is 8.06. The van der Waals surface area contributed by atoms with Gasteiger partial charge < -0.3 is 11.1 Å². The summed E-state index contributed by atoms with van der Waals surface area (Å²) in [6.45, 7) is 0. The second-order valence-electron chi connectivity index (χ2n) is 4.44. The van der Waals surface area contributed by atoms with Gasteiger partial charge in [-0.1, -0.05) is 6.07 Å². The fraction of sp³-hybridized carbons (Fsp3) is 0.214. The molecule has 0 saturated carbocycles. The number of fused-ring (bicyclic) bond motifs is 1. The molecule has 0 bridgehead atoms. The van der Waals surface area contributed by atoms with E-state index in [2.05, 4.69) is 5.32 Å². The van der Waals surface area contributed by atoms with Crippen molar-refractivity contribution < 1.29 is 4.79 Å². The molecule has 0 radical (unpaired) electrons. The summed E-state index contributed by atoms with van der Waals surface area (Å²) in [6.07, 6.45) is 1.08. The lowest BCUT2D eigenvalue weighted by Crippen LogP contribution is -2.10. The van der Waals surface area contributed by atoms with Crippen LogP contribution in [0.2, 0.25) is 0 Å². The van der Waals surface area contributed by atoms with E-state index in [-0.39, 0.29) is 5.91 Å². The number of carbonyl (C=O) groups is 1. The zero-order valence-electron chi connectivity index (χ0n) is 10.3. The van der Waals surface area contributed by atoms with Crippen molar-refractivity contribution in [1.29, 1.82) is 0 Å². The second kappa shape index (κ2) is 5.27. The predicted molar refractivity (Wildman–Crippen MR) is 83.0 cm³/mol. The minimum absolute atomic E-state index is 0.0463. The van der Waals surface area contributed by atoms with Gasteiger partial charge in [-0.15, -0.1) is 11.3 Å². The number of carbonyl (C=O) groups excluding carboxylic acids is 1. The summed E-state index contributed by atoms with van der Waals surface area (Å²) in [7, 11) is 0. The molecule has 0 atom stereocenters. The minimum atomic E-state index is -0.0463. The third-order valence-corrected chi connectivity index (χ3v) is 5.24. The first-order valence-electron chi connectivity index (χ1n) is 6.08. The van der Waals surface area contributed by atoms with Crippen LogP contribution in [-0.4, -0.2) is 11.7 Å². The van der Waals surface area contributed by atoms with Gasteiger partial charge in [0.1, 0.15) is 0 Å². The van der Waals surface area contributed by atoms with Crippen molar-refractivity contribution in [1.82, 2.24) is 0 Å². The highest BCUT2D eigenvalue weighted by atomic mass is 32.2. The third-order valence-electron chi connectivity index (χ3n) is 3.00. The van der Waals surface area contributed by atoms with Gasteiger partial charge in [0.15, 0.2) is 0 Å². The van der Waals surface area contributed by atoms with Crippen molar-refractivity contribution in [2.75, 3.05) is 16.8 Å². The van der Waals surface area contributed by atoms with E-state index in [0.29, 0.717) is 5.69 Å². The van der Waals surface area contributed by atoms with Gasteiger partial charge in [0.05, 0.1) is 4.88 Å². The Kier molecular flexibility index (Phi) is 3.48. The SMILES string of the molecule is Nc1cccc(NC(=O)c2cc3c(s2)CCSC3)c1. The molecule has 3 rings (SSSR count). The van der Waals surface area contributed by atoms with Crippen LogP contribution in [0.4, 0.5) is 11.4 Å². The predicted octanol–water partition coefficient (Wildman–Crippen LogP) is 3.37. The number of thiophene rings is 1. The largest absolute Gasteiger partial charge is 0.399 e. The van der Waals surface area contributed by atoms with Crippen LogP contribution in [0, 0.1) is 0 Å². The van der Waals surface area contributed by atoms with Gasteiger partial charge in [-0.2, -0.15) is 11.8 Å². The number of nitrogen functional groups attached to an aromatic ring is 1. The van der Waals surface area contributed by atoms with Gasteiger partial charge in [-0.25, -0.2) is 0 Å². The number of nitrogens with one attached hydrogen (secondary N) is 1. The summed E-state index contributed by atoms with van der Waals surface area (Å²) in [4.78, 5) is 14.3. The summed E-state index contributed by atoms with van der Waals surface area (Å²) in [6, 6.07) is 9.27. The highest BCUT2D eigenvalue weighted by molar-refractivity contribution is 7.98. The van der Waals surface area contributed by atoms with Gasteiger partial charge in [-0.3, -0.25) is 4.79 Å². The fourth-order valence-electron chi connectivity index (χ4n) is 2.07. The van der Waals surface area contributed by atoms with Crippen LogP contribution in [0.5, 0.6) is 0 Å². The van der Waals surface area contributed by atoms with Crippen LogP contribution >= 0.6 is 23.1 Å². The van der Waals surface area contributed by atoms with Gasteiger partial charge >= 0.3 is 0 Å². The lowest BCUT2D eigenvalue weighted by atomic mass is 10.2. The van der Waals surface area contributed by atoms with Gasteiger partial charge in [0.2, 0.25) is 0 Å². The Bertz CT molecular complexity index is 598. The van der Waals surface area contributed by atoms with E-state index in [1.54, 1.807) is 23.5 Å². The lowest BCUT2D eigenvalue weighted by molar-refractivity contribution is 0.103. The van der Waals surface area contributed by atoms with E-state index in [0.717, 1.165) is 28.5 Å². The molecule has 5 heteroatoms. The number of hydrogen-bond acceptors (Lipinski definition) is 4. The highest BCUT2D eigenvalue weighted by Crippen LogP contribution is 2.32. The van der Waals surface area contributed by atoms with Crippen molar-refractivity contribution in [3.63, 3.8) is 0 Å². The van der Waals surface area contributed by atoms with Crippen LogP contribution in [0.1, 0.15) is 20.1 Å². The molecule has 2 heterocycles. The first kappa shape index (κ1) is 12.6. The molecule has 3 N–H and O–H groups in total. The van der Waals surface area contributed by atoms with E-state index < -0.39 is 0 Å². The maximum atomic E-state index is 12.2. The molecule has 2 aromatic rings. The third kappa shape index (κ3) is 2.77. The average molecular weight is 290 g/mol. The fourth-order valence-corrected chi connectivity index (χ4v) is 4.34. The molecule has 98 valence electrons. The quantitative estimate of drug-likeness (QED) is 0.834. The summed E-state index contributed by atoms with van der Waals surface area (Å²) in [5.41, 5.74) is 8.41. The summed E-state index contributed by atoms with van der Waals surface area (Å²) < 4.78 is 0. The molecule has 1 amide bonds. The summed E-state index contributed by atoms with van der Waals surface area (Å²) in [5, 5.41) is 2.89.